The number of aliphatic carboxylic acids is 1. The first kappa shape index (κ1) is 18.5. The molecule has 1 amide bonds. The van der Waals surface area contributed by atoms with Gasteiger partial charge < -0.3 is 20.3 Å². The summed E-state index contributed by atoms with van der Waals surface area (Å²) in [6.07, 6.45) is -0.827. The molecule has 3 N–H and O–H groups in total. The molecule has 0 aromatic heterocycles. The fourth-order valence-electron chi connectivity index (χ4n) is 2.09. The molecule has 2 unspecified atom stereocenters. The first-order valence-electron chi connectivity index (χ1n) is 7.85. The van der Waals surface area contributed by atoms with Crippen LogP contribution in [0.15, 0.2) is 54.6 Å². The number of aliphatic hydroxyl groups is 1. The molecule has 0 fully saturated rings. The van der Waals surface area contributed by atoms with Gasteiger partial charge in [-0.1, -0.05) is 42.5 Å². The molecule has 6 heteroatoms. The molecule has 0 spiro atoms. The molecule has 0 aliphatic heterocycles. The van der Waals surface area contributed by atoms with Crippen LogP contribution < -0.4 is 10.1 Å². The summed E-state index contributed by atoms with van der Waals surface area (Å²) in [6.45, 7) is 2.27. The lowest BCUT2D eigenvalue weighted by Crippen LogP contribution is -2.49. The SMILES string of the molecule is CC(Oc1ccc(-c2ccccc2)cc1)C(=O)NCC(C)(O)C(=O)O. The lowest BCUT2D eigenvalue weighted by atomic mass is 10.1. The van der Waals surface area contributed by atoms with Crippen LogP contribution in [0.2, 0.25) is 0 Å². The van der Waals surface area contributed by atoms with E-state index in [4.69, 9.17) is 9.84 Å². The highest BCUT2D eigenvalue weighted by Gasteiger charge is 2.31. The smallest absolute Gasteiger partial charge is 0.337 e. The Balaban J connectivity index is 1.93. The van der Waals surface area contributed by atoms with Crippen molar-refractivity contribution in [2.45, 2.75) is 25.6 Å². The fourth-order valence-corrected chi connectivity index (χ4v) is 2.09. The van der Waals surface area contributed by atoms with Gasteiger partial charge in [-0.05, 0) is 37.1 Å². The summed E-state index contributed by atoms with van der Waals surface area (Å²) in [5.41, 5.74) is 0.0884. The molecule has 0 radical (unpaired) electrons. The van der Waals surface area contributed by atoms with Crippen molar-refractivity contribution in [3.05, 3.63) is 54.6 Å². The maximum Gasteiger partial charge on any atom is 0.337 e. The van der Waals surface area contributed by atoms with Crippen molar-refractivity contribution in [3.63, 3.8) is 0 Å². The Hall–Kier alpha value is -2.86. The molecule has 2 aromatic rings. The van der Waals surface area contributed by atoms with Gasteiger partial charge >= 0.3 is 5.97 Å². The summed E-state index contributed by atoms with van der Waals surface area (Å²) >= 11 is 0. The highest BCUT2D eigenvalue weighted by Crippen LogP contribution is 2.22. The first-order chi connectivity index (χ1) is 11.8. The molecule has 6 nitrogen and oxygen atoms in total. The number of rotatable bonds is 7. The van der Waals surface area contributed by atoms with Crippen molar-refractivity contribution in [1.82, 2.24) is 5.32 Å². The maximum absolute atomic E-state index is 12.0. The van der Waals surface area contributed by atoms with Crippen molar-refractivity contribution < 1.29 is 24.5 Å². The highest BCUT2D eigenvalue weighted by molar-refractivity contribution is 5.82. The highest BCUT2D eigenvalue weighted by atomic mass is 16.5. The summed E-state index contributed by atoms with van der Waals surface area (Å²) in [5, 5.41) is 20.8. The van der Waals surface area contributed by atoms with E-state index in [1.165, 1.54) is 0 Å². The number of ether oxygens (including phenoxy) is 1. The van der Waals surface area contributed by atoms with Crippen LogP contribution in [0.3, 0.4) is 0 Å². The van der Waals surface area contributed by atoms with E-state index in [2.05, 4.69) is 5.32 Å². The van der Waals surface area contributed by atoms with Gasteiger partial charge in [-0.15, -0.1) is 0 Å². The third-order valence-electron chi connectivity index (χ3n) is 3.71. The standard InChI is InChI=1S/C19H21NO5/c1-13(17(21)20-12-19(2,24)18(22)23)25-16-10-8-15(9-11-16)14-6-4-3-5-7-14/h3-11,13,24H,12H2,1-2H3,(H,20,21)(H,22,23). The molecule has 25 heavy (non-hydrogen) atoms. The number of carboxylic acids is 1. The molecule has 2 rings (SSSR count). The second-order valence-corrected chi connectivity index (χ2v) is 5.95. The topological polar surface area (TPSA) is 95.9 Å². The minimum atomic E-state index is -2.02. The first-order valence-corrected chi connectivity index (χ1v) is 7.85. The van der Waals surface area contributed by atoms with E-state index in [1.54, 1.807) is 19.1 Å². The van der Waals surface area contributed by atoms with Crippen LogP contribution in [0.25, 0.3) is 11.1 Å². The van der Waals surface area contributed by atoms with Crippen molar-refractivity contribution in [2.24, 2.45) is 0 Å². The van der Waals surface area contributed by atoms with Gasteiger partial charge in [0.05, 0.1) is 6.54 Å². The van der Waals surface area contributed by atoms with E-state index in [-0.39, 0.29) is 0 Å². The molecule has 0 aliphatic rings. The summed E-state index contributed by atoms with van der Waals surface area (Å²) in [4.78, 5) is 22.8. The van der Waals surface area contributed by atoms with Crippen molar-refractivity contribution in [1.29, 1.82) is 0 Å². The zero-order valence-electron chi connectivity index (χ0n) is 14.1. The van der Waals surface area contributed by atoms with Crippen LogP contribution in [-0.2, 0) is 9.59 Å². The van der Waals surface area contributed by atoms with Gasteiger partial charge in [-0.2, -0.15) is 0 Å². The van der Waals surface area contributed by atoms with Gasteiger partial charge in [0.15, 0.2) is 11.7 Å². The van der Waals surface area contributed by atoms with Crippen molar-refractivity contribution in [2.75, 3.05) is 6.54 Å². The maximum atomic E-state index is 12.0. The fraction of sp³-hybridized carbons (Fsp3) is 0.263. The Morgan fingerprint density at radius 3 is 2.20 bits per heavy atom. The number of nitrogens with one attached hydrogen (secondary N) is 1. The molecule has 0 saturated heterocycles. The monoisotopic (exact) mass is 343 g/mol. The number of carbonyl (C=O) groups is 2. The van der Waals surface area contributed by atoms with E-state index in [9.17, 15) is 14.7 Å². The number of hydrogen-bond acceptors (Lipinski definition) is 4. The van der Waals surface area contributed by atoms with Crippen molar-refractivity contribution in [3.8, 4) is 16.9 Å². The normalized spacial score (nSPS) is 14.2. The van der Waals surface area contributed by atoms with Gasteiger partial charge in [0.2, 0.25) is 0 Å². The Morgan fingerprint density at radius 1 is 1.08 bits per heavy atom. The molecule has 0 heterocycles. The van der Waals surface area contributed by atoms with Gasteiger partial charge in [0.25, 0.3) is 5.91 Å². The molecule has 0 aliphatic carbocycles. The van der Waals surface area contributed by atoms with Crippen LogP contribution in [0.5, 0.6) is 5.75 Å². The quantitative estimate of drug-likeness (QED) is 0.715. The number of carboxylic acid groups (broad SMARTS) is 1. The zero-order valence-corrected chi connectivity index (χ0v) is 14.1. The Labute approximate surface area is 146 Å². The second kappa shape index (κ2) is 7.81. The lowest BCUT2D eigenvalue weighted by molar-refractivity contribution is -0.156. The van der Waals surface area contributed by atoms with Crippen LogP contribution in [0, 0.1) is 0 Å². The van der Waals surface area contributed by atoms with E-state index in [0.717, 1.165) is 18.1 Å². The minimum Gasteiger partial charge on any atom is -0.481 e. The summed E-state index contributed by atoms with van der Waals surface area (Å²) in [6, 6.07) is 17.2. The predicted octanol–water partition coefficient (Wildman–Crippen LogP) is 2.07. The van der Waals surface area contributed by atoms with Crippen LogP contribution >= 0.6 is 0 Å². The number of carbonyl (C=O) groups excluding carboxylic acids is 1. The van der Waals surface area contributed by atoms with Gasteiger partial charge in [0.1, 0.15) is 5.75 Å². The number of amides is 1. The van der Waals surface area contributed by atoms with Gasteiger partial charge in [-0.25, -0.2) is 4.79 Å². The lowest BCUT2D eigenvalue weighted by Gasteiger charge is -2.20. The molecular weight excluding hydrogens is 322 g/mol. The largest absolute Gasteiger partial charge is 0.481 e. The molecule has 0 bridgehead atoms. The van der Waals surface area contributed by atoms with E-state index in [1.807, 2.05) is 42.5 Å². The molecule has 2 atom stereocenters. The molecule has 2 aromatic carbocycles. The third-order valence-corrected chi connectivity index (χ3v) is 3.71. The minimum absolute atomic E-state index is 0.401. The van der Waals surface area contributed by atoms with Crippen LogP contribution in [0.1, 0.15) is 13.8 Å². The average molecular weight is 343 g/mol. The number of benzene rings is 2. The predicted molar refractivity (Wildman–Crippen MR) is 93.2 cm³/mol. The zero-order chi connectivity index (χ0) is 18.4. The molecular formula is C19H21NO5. The second-order valence-electron chi connectivity index (χ2n) is 5.95. The van der Waals surface area contributed by atoms with Crippen LogP contribution in [0.4, 0.5) is 0 Å². The van der Waals surface area contributed by atoms with E-state index >= 15 is 0 Å². The Morgan fingerprint density at radius 2 is 1.64 bits per heavy atom. The molecule has 0 saturated carbocycles. The van der Waals surface area contributed by atoms with Crippen molar-refractivity contribution >= 4 is 11.9 Å². The average Bonchev–Trinajstić information content (AvgIpc) is 2.61. The summed E-state index contributed by atoms with van der Waals surface area (Å²) in [7, 11) is 0. The van der Waals surface area contributed by atoms with Crippen LogP contribution in [-0.4, -0.2) is 40.3 Å². The van der Waals surface area contributed by atoms with E-state index in [0.29, 0.717) is 5.75 Å². The molecule has 132 valence electrons. The third kappa shape index (κ3) is 5.06. The Bertz CT molecular complexity index is 725. The Kier molecular flexibility index (Phi) is 5.77. The van der Waals surface area contributed by atoms with Gasteiger partial charge in [-0.3, -0.25) is 4.79 Å². The van der Waals surface area contributed by atoms with E-state index < -0.39 is 30.1 Å². The summed E-state index contributed by atoms with van der Waals surface area (Å²) < 4.78 is 5.55. The number of hydrogen-bond donors (Lipinski definition) is 3. The van der Waals surface area contributed by atoms with Gasteiger partial charge in [0, 0.05) is 0 Å². The summed E-state index contributed by atoms with van der Waals surface area (Å²) in [5.74, 6) is -1.39.